The zero-order valence-electron chi connectivity index (χ0n) is 13.5. The number of nitrogens with one attached hydrogen (secondary N) is 1. The molecule has 1 aromatic carbocycles. The van der Waals surface area contributed by atoms with Crippen molar-refractivity contribution in [3.63, 3.8) is 0 Å². The zero-order chi connectivity index (χ0) is 17.1. The minimum absolute atomic E-state index is 0.229. The van der Waals surface area contributed by atoms with Crippen molar-refractivity contribution in [1.82, 2.24) is 15.2 Å². The number of aromatic nitrogens is 1. The summed E-state index contributed by atoms with van der Waals surface area (Å²) in [5.41, 5.74) is 1.70. The van der Waals surface area contributed by atoms with Crippen LogP contribution in [0.4, 0.5) is 0 Å². The zero-order valence-corrected chi connectivity index (χ0v) is 15.1. The molecule has 3 aromatic rings. The lowest BCUT2D eigenvalue weighted by molar-refractivity contribution is 0.0920. The van der Waals surface area contributed by atoms with Crippen LogP contribution in [0.3, 0.4) is 0 Å². The molecule has 0 saturated heterocycles. The largest absolute Gasteiger partial charge is 0.459 e. The summed E-state index contributed by atoms with van der Waals surface area (Å²) < 4.78 is 6.37. The van der Waals surface area contributed by atoms with Gasteiger partial charge in [0.1, 0.15) is 0 Å². The quantitative estimate of drug-likeness (QED) is 0.726. The molecule has 0 saturated carbocycles. The van der Waals surface area contributed by atoms with Crippen LogP contribution in [0.2, 0.25) is 0 Å². The molecule has 2 aromatic heterocycles. The minimum Gasteiger partial charge on any atom is -0.459 e. The smallest absolute Gasteiger partial charge is 0.287 e. The number of amides is 1. The van der Waals surface area contributed by atoms with Crippen molar-refractivity contribution in [2.75, 3.05) is 14.1 Å². The number of halogens is 1. The second-order valence-corrected chi connectivity index (χ2v) is 6.73. The molecule has 0 radical (unpaired) electrons. The normalized spacial score (nSPS) is 11.2. The summed E-state index contributed by atoms with van der Waals surface area (Å²) in [6.07, 6.45) is 3.29. The highest BCUT2D eigenvalue weighted by Gasteiger charge is 2.16. The Bertz CT molecular complexity index is 874. The van der Waals surface area contributed by atoms with Crippen LogP contribution in [0.25, 0.3) is 10.8 Å². The van der Waals surface area contributed by atoms with Gasteiger partial charge in [0.2, 0.25) is 0 Å². The monoisotopic (exact) mass is 387 g/mol. The lowest BCUT2D eigenvalue weighted by atomic mass is 10.1. The summed E-state index contributed by atoms with van der Waals surface area (Å²) in [7, 11) is 3.90. The molecule has 0 atom stereocenters. The molecule has 0 bridgehead atoms. The number of pyridine rings is 1. The molecule has 6 heteroatoms. The number of carbonyl (C=O) groups excluding carboxylic acids is 1. The minimum atomic E-state index is -0.229. The topological polar surface area (TPSA) is 58.4 Å². The van der Waals surface area contributed by atoms with Gasteiger partial charge in [-0.3, -0.25) is 9.78 Å². The molecule has 124 valence electrons. The van der Waals surface area contributed by atoms with Gasteiger partial charge in [0.05, 0.1) is 18.5 Å². The van der Waals surface area contributed by atoms with Gasteiger partial charge in [-0.25, -0.2) is 0 Å². The Kier molecular flexibility index (Phi) is 4.97. The molecule has 0 spiro atoms. The number of furan rings is 1. The van der Waals surface area contributed by atoms with E-state index in [1.165, 1.54) is 0 Å². The fourth-order valence-corrected chi connectivity index (χ4v) is 2.98. The summed E-state index contributed by atoms with van der Waals surface area (Å²) in [4.78, 5) is 18.8. The molecule has 2 heterocycles. The molecule has 5 nitrogen and oxygen atoms in total. The van der Waals surface area contributed by atoms with E-state index in [9.17, 15) is 4.79 Å². The van der Waals surface area contributed by atoms with Crippen molar-refractivity contribution in [2.45, 2.75) is 13.1 Å². The number of fused-ring (bicyclic) bond motifs is 1. The SMILES string of the molecule is CN(C)Cc1ccoc1C(=O)NCc1nccc2cc(Br)ccc12. The Labute approximate surface area is 148 Å². The number of nitrogens with zero attached hydrogens (tertiary/aromatic N) is 2. The average molecular weight is 388 g/mol. The van der Waals surface area contributed by atoms with Gasteiger partial charge in [-0.15, -0.1) is 0 Å². The maximum atomic E-state index is 12.4. The molecule has 0 fully saturated rings. The maximum absolute atomic E-state index is 12.4. The third kappa shape index (κ3) is 3.66. The van der Waals surface area contributed by atoms with E-state index in [2.05, 4.69) is 26.2 Å². The lowest BCUT2D eigenvalue weighted by Crippen LogP contribution is -2.25. The second-order valence-electron chi connectivity index (χ2n) is 5.82. The first kappa shape index (κ1) is 16.7. The van der Waals surface area contributed by atoms with Crippen LogP contribution in [-0.4, -0.2) is 29.9 Å². The van der Waals surface area contributed by atoms with Crippen LogP contribution in [0.5, 0.6) is 0 Å². The summed E-state index contributed by atoms with van der Waals surface area (Å²) >= 11 is 3.47. The highest BCUT2D eigenvalue weighted by Crippen LogP contribution is 2.21. The molecule has 0 aliphatic heterocycles. The van der Waals surface area contributed by atoms with Crippen molar-refractivity contribution in [3.05, 3.63) is 64.3 Å². The van der Waals surface area contributed by atoms with E-state index in [0.717, 1.165) is 26.5 Å². The Morgan fingerprint density at radius 1 is 1.29 bits per heavy atom. The predicted molar refractivity (Wildman–Crippen MR) is 96.7 cm³/mol. The Morgan fingerprint density at radius 2 is 2.12 bits per heavy atom. The standard InChI is InChI=1S/C18H18BrN3O2/c1-22(2)11-13-6-8-24-17(13)18(23)21-10-16-15-4-3-14(19)9-12(15)5-7-20-16/h3-9H,10-11H2,1-2H3,(H,21,23). The fourth-order valence-electron chi connectivity index (χ4n) is 2.60. The van der Waals surface area contributed by atoms with E-state index in [1.807, 2.05) is 49.3 Å². The summed E-state index contributed by atoms with van der Waals surface area (Å²) in [6, 6.07) is 9.77. The van der Waals surface area contributed by atoms with Crippen molar-refractivity contribution in [1.29, 1.82) is 0 Å². The predicted octanol–water partition coefficient (Wildman–Crippen LogP) is 3.58. The average Bonchev–Trinajstić information content (AvgIpc) is 2.99. The first-order valence-corrected chi connectivity index (χ1v) is 8.36. The third-order valence-electron chi connectivity index (χ3n) is 3.66. The molecule has 0 aliphatic carbocycles. The Morgan fingerprint density at radius 3 is 2.92 bits per heavy atom. The number of hydrogen-bond acceptors (Lipinski definition) is 4. The van der Waals surface area contributed by atoms with Crippen LogP contribution in [0, 0.1) is 0 Å². The van der Waals surface area contributed by atoms with Gasteiger partial charge in [0.25, 0.3) is 5.91 Å². The van der Waals surface area contributed by atoms with Gasteiger partial charge in [-0.1, -0.05) is 22.0 Å². The summed E-state index contributed by atoms with van der Waals surface area (Å²) in [5, 5.41) is 5.00. The summed E-state index contributed by atoms with van der Waals surface area (Å²) in [6.45, 7) is 1.000. The molecule has 1 N–H and O–H groups in total. The van der Waals surface area contributed by atoms with Gasteiger partial charge >= 0.3 is 0 Å². The van der Waals surface area contributed by atoms with Gasteiger partial charge in [-0.2, -0.15) is 0 Å². The fraction of sp³-hybridized carbons (Fsp3) is 0.222. The van der Waals surface area contributed by atoms with E-state index >= 15 is 0 Å². The molecule has 3 rings (SSSR count). The van der Waals surface area contributed by atoms with Gasteiger partial charge in [0.15, 0.2) is 5.76 Å². The molecule has 24 heavy (non-hydrogen) atoms. The van der Waals surface area contributed by atoms with Gasteiger partial charge in [-0.05, 0) is 43.7 Å². The maximum Gasteiger partial charge on any atom is 0.287 e. The highest BCUT2D eigenvalue weighted by atomic mass is 79.9. The van der Waals surface area contributed by atoms with Gasteiger partial charge < -0.3 is 14.6 Å². The molecular weight excluding hydrogens is 370 g/mol. The molecule has 1 amide bonds. The lowest BCUT2D eigenvalue weighted by Gasteiger charge is -2.10. The Hall–Kier alpha value is -2.18. The second kappa shape index (κ2) is 7.15. The highest BCUT2D eigenvalue weighted by molar-refractivity contribution is 9.10. The molecule has 0 aliphatic rings. The van der Waals surface area contributed by atoms with Crippen LogP contribution < -0.4 is 5.32 Å². The number of carbonyl (C=O) groups is 1. The third-order valence-corrected chi connectivity index (χ3v) is 4.16. The van der Waals surface area contributed by atoms with Gasteiger partial charge in [0, 0.05) is 28.2 Å². The number of benzene rings is 1. The van der Waals surface area contributed by atoms with Crippen LogP contribution in [0.1, 0.15) is 21.8 Å². The van der Waals surface area contributed by atoms with Crippen molar-refractivity contribution in [3.8, 4) is 0 Å². The first-order chi connectivity index (χ1) is 11.5. The number of rotatable bonds is 5. The molecular formula is C18H18BrN3O2. The summed E-state index contributed by atoms with van der Waals surface area (Å²) in [5.74, 6) is 0.124. The van der Waals surface area contributed by atoms with E-state index in [4.69, 9.17) is 4.42 Å². The molecule has 0 unspecified atom stereocenters. The van der Waals surface area contributed by atoms with Crippen molar-refractivity contribution in [2.24, 2.45) is 0 Å². The van der Waals surface area contributed by atoms with E-state index in [0.29, 0.717) is 18.8 Å². The first-order valence-electron chi connectivity index (χ1n) is 7.57. The number of hydrogen-bond donors (Lipinski definition) is 1. The van der Waals surface area contributed by atoms with Crippen LogP contribution >= 0.6 is 15.9 Å². The van der Waals surface area contributed by atoms with Crippen LogP contribution in [-0.2, 0) is 13.1 Å². The van der Waals surface area contributed by atoms with E-state index < -0.39 is 0 Å². The Balaban J connectivity index is 1.77. The van der Waals surface area contributed by atoms with Crippen molar-refractivity contribution < 1.29 is 9.21 Å². The van der Waals surface area contributed by atoms with E-state index in [-0.39, 0.29) is 5.91 Å². The van der Waals surface area contributed by atoms with E-state index in [1.54, 1.807) is 12.5 Å². The van der Waals surface area contributed by atoms with Crippen molar-refractivity contribution >= 4 is 32.6 Å². The van der Waals surface area contributed by atoms with Crippen LogP contribution in [0.15, 0.2) is 51.7 Å².